The lowest BCUT2D eigenvalue weighted by Crippen LogP contribution is -2.20. The van der Waals surface area contributed by atoms with Crippen LogP contribution >= 0.6 is 11.3 Å². The molecule has 7 nitrogen and oxygen atoms in total. The number of furan rings is 1. The van der Waals surface area contributed by atoms with Gasteiger partial charge in [0.1, 0.15) is 4.83 Å². The number of fused-ring (bicyclic) bond motifs is 5. The molecule has 2 aliphatic rings. The second kappa shape index (κ2) is 6.56. The summed E-state index contributed by atoms with van der Waals surface area (Å²) in [5.41, 5.74) is 2.28. The van der Waals surface area contributed by atoms with E-state index in [1.54, 1.807) is 17.6 Å². The number of nitrogens with zero attached hydrogens (tertiary/aromatic N) is 4. The minimum atomic E-state index is 0.233. The summed E-state index contributed by atoms with van der Waals surface area (Å²) in [5.74, 6) is 1.99. The smallest absolute Gasteiger partial charge is 0.227 e. The number of rotatable bonds is 4. The van der Waals surface area contributed by atoms with Crippen LogP contribution in [0, 0.1) is 0 Å². The average molecular weight is 395 g/mol. The Hall–Kier alpha value is -2.45. The van der Waals surface area contributed by atoms with E-state index in [0.717, 1.165) is 60.6 Å². The fraction of sp³-hybridized carbons (Fsp3) is 0.450. The van der Waals surface area contributed by atoms with Gasteiger partial charge in [-0.15, -0.1) is 16.4 Å². The normalized spacial score (nSPS) is 19.5. The van der Waals surface area contributed by atoms with Crippen molar-refractivity contribution >= 4 is 33.1 Å². The van der Waals surface area contributed by atoms with Crippen molar-refractivity contribution in [1.29, 1.82) is 0 Å². The summed E-state index contributed by atoms with van der Waals surface area (Å²) in [6, 6.07) is 3.75. The van der Waals surface area contributed by atoms with Gasteiger partial charge in [-0.2, -0.15) is 4.52 Å². The quantitative estimate of drug-likeness (QED) is 0.561. The molecule has 5 heterocycles. The first-order chi connectivity index (χ1) is 13.9. The SMILES string of the molecule is c1coc(-c2nc3c4c5c(sc4nc(NC[C@@H]4CCCO4)n3n2)CCCC5)c1. The summed E-state index contributed by atoms with van der Waals surface area (Å²) in [4.78, 5) is 12.3. The Balaban J connectivity index is 1.52. The van der Waals surface area contributed by atoms with Crippen LogP contribution in [0.2, 0.25) is 0 Å². The number of thiophene rings is 1. The predicted molar refractivity (Wildman–Crippen MR) is 108 cm³/mol. The van der Waals surface area contributed by atoms with Crippen molar-refractivity contribution in [2.75, 3.05) is 18.5 Å². The molecule has 1 saturated heterocycles. The third kappa shape index (κ3) is 2.62. The highest BCUT2D eigenvalue weighted by Gasteiger charge is 2.24. The van der Waals surface area contributed by atoms with Gasteiger partial charge in [-0.05, 0) is 56.2 Å². The maximum atomic E-state index is 5.76. The first kappa shape index (κ1) is 16.5. The standard InChI is InChI=1S/C20H21N5O2S/c1-2-8-15-13(6-1)16-18-22-17(14-7-4-10-27-14)24-25(18)20(23-19(16)28-15)21-11-12-5-3-9-26-12/h4,7,10,12H,1-3,5-6,8-9,11H2,(H,21,23)/t12-/m0/s1. The van der Waals surface area contributed by atoms with Crippen LogP contribution in [0.4, 0.5) is 5.95 Å². The Bertz CT molecular complexity index is 1140. The monoisotopic (exact) mass is 395 g/mol. The van der Waals surface area contributed by atoms with Crippen molar-refractivity contribution in [3.05, 3.63) is 28.8 Å². The minimum Gasteiger partial charge on any atom is -0.461 e. The summed E-state index contributed by atoms with van der Waals surface area (Å²) in [6.07, 6.45) is 8.81. The van der Waals surface area contributed by atoms with Gasteiger partial charge < -0.3 is 14.5 Å². The molecule has 4 aromatic heterocycles. The Morgan fingerprint density at radius 1 is 1.21 bits per heavy atom. The molecular weight excluding hydrogens is 374 g/mol. The third-order valence-electron chi connectivity index (χ3n) is 5.64. The lowest BCUT2D eigenvalue weighted by molar-refractivity contribution is 0.120. The van der Waals surface area contributed by atoms with Crippen molar-refractivity contribution in [1.82, 2.24) is 19.6 Å². The van der Waals surface area contributed by atoms with Gasteiger partial charge in [-0.25, -0.2) is 9.97 Å². The Labute approximate surface area is 165 Å². The van der Waals surface area contributed by atoms with Crippen LogP contribution in [0.15, 0.2) is 22.8 Å². The molecule has 144 valence electrons. The highest BCUT2D eigenvalue weighted by atomic mass is 32.1. The van der Waals surface area contributed by atoms with E-state index in [1.165, 1.54) is 23.3 Å². The Morgan fingerprint density at radius 2 is 2.18 bits per heavy atom. The molecule has 0 spiro atoms. The maximum absolute atomic E-state index is 5.76. The van der Waals surface area contributed by atoms with Crippen molar-refractivity contribution in [3.63, 3.8) is 0 Å². The average Bonchev–Trinajstić information content (AvgIpc) is 3.51. The molecule has 8 heteroatoms. The van der Waals surface area contributed by atoms with Crippen LogP contribution in [-0.4, -0.2) is 38.8 Å². The van der Waals surface area contributed by atoms with E-state index < -0.39 is 0 Å². The summed E-state index contributed by atoms with van der Waals surface area (Å²) >= 11 is 1.81. The molecule has 1 fully saturated rings. The number of aryl methyl sites for hydroxylation is 2. The molecule has 0 saturated carbocycles. The van der Waals surface area contributed by atoms with Gasteiger partial charge in [0.15, 0.2) is 11.4 Å². The molecular formula is C20H21N5O2S. The number of hydrogen-bond donors (Lipinski definition) is 1. The number of ether oxygens (including phenoxy) is 1. The van der Waals surface area contributed by atoms with E-state index in [-0.39, 0.29) is 6.10 Å². The number of nitrogens with one attached hydrogen (secondary N) is 1. The Kier molecular flexibility index (Phi) is 3.87. The molecule has 4 aromatic rings. The molecule has 6 rings (SSSR count). The zero-order valence-corrected chi connectivity index (χ0v) is 16.3. The van der Waals surface area contributed by atoms with E-state index in [2.05, 4.69) is 5.32 Å². The van der Waals surface area contributed by atoms with Crippen molar-refractivity contribution in [2.45, 2.75) is 44.6 Å². The van der Waals surface area contributed by atoms with Crippen LogP contribution in [0.3, 0.4) is 0 Å². The largest absolute Gasteiger partial charge is 0.461 e. The van der Waals surface area contributed by atoms with Gasteiger partial charge in [-0.1, -0.05) is 0 Å². The van der Waals surface area contributed by atoms with E-state index >= 15 is 0 Å². The number of aromatic nitrogens is 4. The molecule has 0 amide bonds. The number of anilines is 1. The highest BCUT2D eigenvalue weighted by molar-refractivity contribution is 7.19. The lowest BCUT2D eigenvalue weighted by atomic mass is 9.97. The molecule has 1 atom stereocenters. The molecule has 28 heavy (non-hydrogen) atoms. The lowest BCUT2D eigenvalue weighted by Gasteiger charge is -2.12. The van der Waals surface area contributed by atoms with Gasteiger partial charge in [0.25, 0.3) is 0 Å². The van der Waals surface area contributed by atoms with Crippen LogP contribution in [0.25, 0.3) is 27.4 Å². The zero-order valence-electron chi connectivity index (χ0n) is 15.5. The summed E-state index contributed by atoms with van der Waals surface area (Å²) in [6.45, 7) is 1.58. The molecule has 0 unspecified atom stereocenters. The van der Waals surface area contributed by atoms with Gasteiger partial charge in [0.2, 0.25) is 11.8 Å². The van der Waals surface area contributed by atoms with Crippen molar-refractivity contribution in [3.8, 4) is 11.6 Å². The van der Waals surface area contributed by atoms with E-state index in [1.807, 2.05) is 16.6 Å². The molecule has 0 aromatic carbocycles. The Morgan fingerprint density at radius 3 is 3.04 bits per heavy atom. The zero-order chi connectivity index (χ0) is 18.5. The van der Waals surface area contributed by atoms with E-state index in [9.17, 15) is 0 Å². The van der Waals surface area contributed by atoms with Gasteiger partial charge >= 0.3 is 0 Å². The van der Waals surface area contributed by atoms with E-state index in [0.29, 0.717) is 11.6 Å². The first-order valence-corrected chi connectivity index (χ1v) is 10.8. The topological polar surface area (TPSA) is 77.5 Å². The van der Waals surface area contributed by atoms with Crippen molar-refractivity contribution in [2.24, 2.45) is 0 Å². The maximum Gasteiger partial charge on any atom is 0.227 e. The van der Waals surface area contributed by atoms with Gasteiger partial charge in [0, 0.05) is 18.0 Å². The summed E-state index contributed by atoms with van der Waals surface area (Å²) < 4.78 is 13.1. The molecule has 0 radical (unpaired) electrons. The molecule has 0 bridgehead atoms. The molecule has 1 aliphatic carbocycles. The van der Waals surface area contributed by atoms with Crippen molar-refractivity contribution < 1.29 is 9.15 Å². The summed E-state index contributed by atoms with van der Waals surface area (Å²) in [7, 11) is 0. The second-order valence-corrected chi connectivity index (χ2v) is 8.57. The molecule has 1 aliphatic heterocycles. The fourth-order valence-corrected chi connectivity index (χ4v) is 5.52. The first-order valence-electron chi connectivity index (χ1n) is 9.97. The minimum absolute atomic E-state index is 0.233. The van der Waals surface area contributed by atoms with Crippen LogP contribution in [0.5, 0.6) is 0 Å². The predicted octanol–water partition coefficient (Wildman–Crippen LogP) is 4.07. The van der Waals surface area contributed by atoms with Crippen LogP contribution in [0.1, 0.15) is 36.1 Å². The van der Waals surface area contributed by atoms with E-state index in [4.69, 9.17) is 24.2 Å². The van der Waals surface area contributed by atoms with Crippen LogP contribution in [-0.2, 0) is 17.6 Å². The van der Waals surface area contributed by atoms with Gasteiger partial charge in [0.05, 0.1) is 17.8 Å². The van der Waals surface area contributed by atoms with Gasteiger partial charge in [-0.3, -0.25) is 0 Å². The third-order valence-corrected chi connectivity index (χ3v) is 6.83. The second-order valence-electron chi connectivity index (χ2n) is 7.49. The van der Waals surface area contributed by atoms with Crippen LogP contribution < -0.4 is 5.32 Å². The highest BCUT2D eigenvalue weighted by Crippen LogP contribution is 2.38. The fourth-order valence-electron chi connectivity index (χ4n) is 4.26. The molecule has 1 N–H and O–H groups in total. The summed E-state index contributed by atoms with van der Waals surface area (Å²) in [5, 5.41) is 9.35. The number of hydrogen-bond acceptors (Lipinski definition) is 7.